The van der Waals surface area contributed by atoms with Crippen molar-refractivity contribution in [3.8, 4) is 0 Å². The van der Waals surface area contributed by atoms with Crippen LogP contribution in [0.4, 0.5) is 17.2 Å². The first-order chi connectivity index (χ1) is 17.7. The highest BCUT2D eigenvalue weighted by molar-refractivity contribution is 6.12. The molecule has 3 heterocycles. The Morgan fingerprint density at radius 1 is 0.806 bits per heavy atom. The summed E-state index contributed by atoms with van der Waals surface area (Å²) in [6.07, 6.45) is 1.77. The highest BCUT2D eigenvalue weighted by Crippen LogP contribution is 2.31. The number of carbonyl (C=O) groups is 1. The molecular formula is C30H29N5O. The molecule has 1 aliphatic rings. The normalized spacial score (nSPS) is 13.9. The number of amides is 1. The van der Waals surface area contributed by atoms with E-state index in [0.29, 0.717) is 5.56 Å². The van der Waals surface area contributed by atoms with Gasteiger partial charge in [-0.3, -0.25) is 4.79 Å². The summed E-state index contributed by atoms with van der Waals surface area (Å²) in [5, 5.41) is 5.48. The largest absolute Gasteiger partial charge is 0.368 e. The van der Waals surface area contributed by atoms with Gasteiger partial charge in [-0.2, -0.15) is 0 Å². The van der Waals surface area contributed by atoms with Gasteiger partial charge in [-0.15, -0.1) is 0 Å². The number of pyridine rings is 1. The Hall–Kier alpha value is -4.32. The number of nitrogens with one attached hydrogen (secondary N) is 1. The van der Waals surface area contributed by atoms with Crippen LogP contribution in [-0.2, 0) is 6.54 Å². The van der Waals surface area contributed by atoms with Gasteiger partial charge in [0.1, 0.15) is 5.82 Å². The van der Waals surface area contributed by atoms with E-state index >= 15 is 0 Å². The lowest BCUT2D eigenvalue weighted by molar-refractivity contribution is 0.102. The van der Waals surface area contributed by atoms with Crippen LogP contribution in [0.3, 0.4) is 0 Å². The fourth-order valence-corrected chi connectivity index (χ4v) is 5.31. The molecule has 6 heteroatoms. The zero-order valence-corrected chi connectivity index (χ0v) is 20.4. The molecule has 1 N–H and O–H groups in total. The molecule has 3 aromatic carbocycles. The molecule has 1 fully saturated rings. The Morgan fingerprint density at radius 2 is 1.53 bits per heavy atom. The van der Waals surface area contributed by atoms with Crippen molar-refractivity contribution in [3.05, 3.63) is 96.7 Å². The fraction of sp³-hybridized carbons (Fsp3) is 0.200. The monoisotopic (exact) mass is 475 g/mol. The number of aryl methyl sites for hydroxylation is 1. The molecule has 1 amide bonds. The second-order valence-electron chi connectivity index (χ2n) is 9.13. The van der Waals surface area contributed by atoms with Crippen molar-refractivity contribution < 1.29 is 4.79 Å². The maximum absolute atomic E-state index is 13.4. The van der Waals surface area contributed by atoms with Gasteiger partial charge in [-0.25, -0.2) is 4.98 Å². The van der Waals surface area contributed by atoms with Gasteiger partial charge in [0, 0.05) is 72.1 Å². The molecule has 36 heavy (non-hydrogen) atoms. The topological polar surface area (TPSA) is 53.4 Å². The van der Waals surface area contributed by atoms with E-state index in [9.17, 15) is 4.79 Å². The third-order valence-electron chi connectivity index (χ3n) is 7.08. The number of benzene rings is 3. The van der Waals surface area contributed by atoms with Gasteiger partial charge in [0.25, 0.3) is 5.91 Å². The Kier molecular flexibility index (Phi) is 5.77. The van der Waals surface area contributed by atoms with Gasteiger partial charge >= 0.3 is 0 Å². The van der Waals surface area contributed by atoms with E-state index in [1.165, 1.54) is 22.1 Å². The Balaban J connectivity index is 1.24. The Bertz CT molecular complexity index is 1530. The summed E-state index contributed by atoms with van der Waals surface area (Å²) in [7, 11) is 0. The minimum absolute atomic E-state index is 0.137. The summed E-state index contributed by atoms with van der Waals surface area (Å²) in [6.45, 7) is 6.46. The zero-order valence-electron chi connectivity index (χ0n) is 20.4. The van der Waals surface area contributed by atoms with E-state index in [-0.39, 0.29) is 5.91 Å². The second kappa shape index (κ2) is 9.38. The number of hydrogen-bond donors (Lipinski definition) is 1. The predicted molar refractivity (Wildman–Crippen MR) is 148 cm³/mol. The van der Waals surface area contributed by atoms with E-state index in [1.54, 1.807) is 6.20 Å². The second-order valence-corrected chi connectivity index (χ2v) is 9.13. The van der Waals surface area contributed by atoms with E-state index in [1.807, 2.05) is 24.3 Å². The standard InChI is InChI=1S/C30H29N5O/c1-2-35-27-13-7-6-11-24(27)26-21-22(14-15-28(26)35)32-30(36)25-12-8-16-31-29(25)34-19-17-33(18-20-34)23-9-4-3-5-10-23/h3-16,21H,2,17-20H2,1H3,(H,32,36). The molecule has 0 radical (unpaired) electrons. The lowest BCUT2D eigenvalue weighted by Crippen LogP contribution is -2.47. The van der Waals surface area contributed by atoms with Gasteiger partial charge in [0.05, 0.1) is 5.56 Å². The van der Waals surface area contributed by atoms with Crippen LogP contribution in [0.5, 0.6) is 0 Å². The van der Waals surface area contributed by atoms with Crippen LogP contribution in [0.1, 0.15) is 17.3 Å². The summed E-state index contributed by atoms with van der Waals surface area (Å²) in [4.78, 5) is 22.6. The van der Waals surface area contributed by atoms with Crippen LogP contribution < -0.4 is 15.1 Å². The van der Waals surface area contributed by atoms with E-state index < -0.39 is 0 Å². The molecule has 0 bridgehead atoms. The average Bonchev–Trinajstić information content (AvgIpc) is 3.26. The van der Waals surface area contributed by atoms with Crippen molar-refractivity contribution in [2.24, 2.45) is 0 Å². The third-order valence-corrected chi connectivity index (χ3v) is 7.08. The molecule has 6 nitrogen and oxygen atoms in total. The summed E-state index contributed by atoms with van der Waals surface area (Å²) in [6, 6.07) is 28.7. The van der Waals surface area contributed by atoms with Crippen LogP contribution in [-0.4, -0.2) is 41.6 Å². The lowest BCUT2D eigenvalue weighted by Gasteiger charge is -2.37. The minimum Gasteiger partial charge on any atom is -0.368 e. The first-order valence-corrected chi connectivity index (χ1v) is 12.6. The van der Waals surface area contributed by atoms with E-state index in [4.69, 9.17) is 0 Å². The number of nitrogens with zero attached hydrogens (tertiary/aromatic N) is 4. The number of piperazine rings is 1. The van der Waals surface area contributed by atoms with Crippen molar-refractivity contribution in [2.45, 2.75) is 13.5 Å². The van der Waals surface area contributed by atoms with E-state index in [0.717, 1.165) is 49.6 Å². The summed E-state index contributed by atoms with van der Waals surface area (Å²) in [5.74, 6) is 0.605. The minimum atomic E-state index is -0.137. The number of para-hydroxylation sites is 2. The van der Waals surface area contributed by atoms with E-state index in [2.05, 4.69) is 92.3 Å². The van der Waals surface area contributed by atoms with Crippen molar-refractivity contribution in [1.82, 2.24) is 9.55 Å². The molecule has 2 aromatic heterocycles. The molecule has 1 aliphatic heterocycles. The maximum atomic E-state index is 13.4. The average molecular weight is 476 g/mol. The Labute approximate surface area is 210 Å². The molecule has 0 unspecified atom stereocenters. The lowest BCUT2D eigenvalue weighted by atomic mass is 10.1. The molecule has 0 saturated carbocycles. The molecular weight excluding hydrogens is 446 g/mol. The number of hydrogen-bond acceptors (Lipinski definition) is 4. The van der Waals surface area contributed by atoms with Crippen molar-refractivity contribution in [3.63, 3.8) is 0 Å². The van der Waals surface area contributed by atoms with Crippen molar-refractivity contribution in [1.29, 1.82) is 0 Å². The molecule has 1 saturated heterocycles. The van der Waals surface area contributed by atoms with Crippen LogP contribution in [0.15, 0.2) is 91.1 Å². The van der Waals surface area contributed by atoms with Gasteiger partial charge in [0.2, 0.25) is 0 Å². The summed E-state index contributed by atoms with van der Waals surface area (Å²) >= 11 is 0. The molecule has 180 valence electrons. The summed E-state index contributed by atoms with van der Waals surface area (Å²) < 4.78 is 2.31. The van der Waals surface area contributed by atoms with Crippen molar-refractivity contribution in [2.75, 3.05) is 41.3 Å². The van der Waals surface area contributed by atoms with Crippen LogP contribution in [0.25, 0.3) is 21.8 Å². The highest BCUT2D eigenvalue weighted by atomic mass is 16.1. The first kappa shape index (κ1) is 22.2. The molecule has 0 spiro atoms. The van der Waals surface area contributed by atoms with Crippen LogP contribution >= 0.6 is 0 Å². The van der Waals surface area contributed by atoms with Gasteiger partial charge in [-0.1, -0.05) is 36.4 Å². The quantitative estimate of drug-likeness (QED) is 0.350. The van der Waals surface area contributed by atoms with Crippen molar-refractivity contribution >= 4 is 44.9 Å². The molecule has 6 rings (SSSR count). The van der Waals surface area contributed by atoms with Crippen LogP contribution in [0, 0.1) is 0 Å². The number of fused-ring (bicyclic) bond motifs is 3. The predicted octanol–water partition coefficient (Wildman–Crippen LogP) is 5.79. The number of rotatable bonds is 5. The molecule has 0 atom stereocenters. The fourth-order valence-electron chi connectivity index (χ4n) is 5.31. The van der Waals surface area contributed by atoms with Gasteiger partial charge in [-0.05, 0) is 55.5 Å². The first-order valence-electron chi connectivity index (χ1n) is 12.6. The zero-order chi connectivity index (χ0) is 24.5. The van der Waals surface area contributed by atoms with Gasteiger partial charge < -0.3 is 19.7 Å². The molecule has 0 aliphatic carbocycles. The van der Waals surface area contributed by atoms with Gasteiger partial charge in [0.15, 0.2) is 0 Å². The maximum Gasteiger partial charge on any atom is 0.259 e. The Morgan fingerprint density at radius 3 is 2.33 bits per heavy atom. The number of anilines is 3. The number of carbonyl (C=O) groups excluding carboxylic acids is 1. The SMILES string of the molecule is CCn1c2ccccc2c2cc(NC(=O)c3cccnc3N3CCN(c4ccccc4)CC3)ccc21. The van der Waals surface area contributed by atoms with Crippen LogP contribution in [0.2, 0.25) is 0 Å². The highest BCUT2D eigenvalue weighted by Gasteiger charge is 2.23. The smallest absolute Gasteiger partial charge is 0.259 e. The summed E-state index contributed by atoms with van der Waals surface area (Å²) in [5.41, 5.74) is 5.01. The third kappa shape index (κ3) is 3.94. The number of aromatic nitrogens is 2. The molecule has 5 aromatic rings.